The first-order chi connectivity index (χ1) is 19.1. The Morgan fingerprint density at radius 1 is 0.750 bits per heavy atom. The van der Waals surface area contributed by atoms with Crippen LogP contribution in [0.3, 0.4) is 0 Å². The highest BCUT2D eigenvalue weighted by molar-refractivity contribution is 5.71. The van der Waals surface area contributed by atoms with Gasteiger partial charge >= 0.3 is 6.18 Å². The van der Waals surface area contributed by atoms with Crippen LogP contribution in [-0.2, 0) is 0 Å². The molecule has 3 atom stereocenters. The molecule has 0 nitrogen and oxygen atoms in total. The Labute approximate surface area is 231 Å². The summed E-state index contributed by atoms with van der Waals surface area (Å²) in [7, 11) is 0. The fourth-order valence-electron chi connectivity index (χ4n) is 6.84. The average Bonchev–Trinajstić information content (AvgIpc) is 2.95. The normalized spacial score (nSPS) is 20.5. The molecule has 216 valence electrons. The monoisotopic (exact) mass is 564 g/mol. The van der Waals surface area contributed by atoms with Gasteiger partial charge in [-0.05, 0) is 48.3 Å². The van der Waals surface area contributed by atoms with E-state index in [4.69, 9.17) is 0 Å². The summed E-state index contributed by atoms with van der Waals surface area (Å²) in [6.07, 6.45) is -1.98. The Morgan fingerprint density at radius 3 is 1.88 bits per heavy atom. The second-order valence-electron chi connectivity index (χ2n) is 10.9. The molecule has 0 N–H and O–H groups in total. The summed E-state index contributed by atoms with van der Waals surface area (Å²) in [5.74, 6) is -9.46. The number of unbranched alkanes of at least 4 members (excludes halogenated alkanes) is 2. The lowest BCUT2D eigenvalue weighted by molar-refractivity contribution is -0.264. The molecular formula is C33H35F7. The highest BCUT2D eigenvalue weighted by Crippen LogP contribution is 2.62. The van der Waals surface area contributed by atoms with Crippen molar-refractivity contribution >= 4 is 0 Å². The van der Waals surface area contributed by atoms with Gasteiger partial charge in [-0.1, -0.05) is 101 Å². The van der Waals surface area contributed by atoms with Gasteiger partial charge in [-0.2, -0.15) is 13.2 Å². The van der Waals surface area contributed by atoms with Gasteiger partial charge in [0, 0.05) is 11.5 Å². The zero-order valence-corrected chi connectivity index (χ0v) is 22.9. The Morgan fingerprint density at radius 2 is 1.32 bits per heavy atom. The predicted octanol–water partition coefficient (Wildman–Crippen LogP) is 11.4. The molecule has 0 radical (unpaired) electrons. The zero-order valence-electron chi connectivity index (χ0n) is 22.9. The van der Waals surface area contributed by atoms with E-state index in [-0.39, 0.29) is 37.7 Å². The van der Waals surface area contributed by atoms with E-state index < -0.39 is 57.8 Å². The third kappa shape index (κ3) is 5.40. The van der Waals surface area contributed by atoms with Crippen LogP contribution in [0.4, 0.5) is 30.7 Å². The van der Waals surface area contributed by atoms with Crippen molar-refractivity contribution in [2.75, 3.05) is 0 Å². The molecule has 3 aromatic rings. The number of halogens is 7. The van der Waals surface area contributed by atoms with Crippen LogP contribution < -0.4 is 0 Å². The van der Waals surface area contributed by atoms with Crippen LogP contribution in [0.1, 0.15) is 83.1 Å². The highest BCUT2D eigenvalue weighted by Gasteiger charge is 2.63. The van der Waals surface area contributed by atoms with Crippen LogP contribution in [0.5, 0.6) is 0 Å². The van der Waals surface area contributed by atoms with Crippen molar-refractivity contribution < 1.29 is 30.7 Å². The largest absolute Gasteiger partial charge is 0.395 e. The Hall–Kier alpha value is -2.83. The zero-order chi connectivity index (χ0) is 29.1. The molecule has 4 rings (SSSR count). The quantitative estimate of drug-likeness (QED) is 0.138. The third-order valence-electron chi connectivity index (χ3n) is 8.76. The minimum absolute atomic E-state index is 0.104. The van der Waals surface area contributed by atoms with E-state index in [0.29, 0.717) is 12.8 Å². The summed E-state index contributed by atoms with van der Waals surface area (Å²) in [5, 5.41) is 0. The SMILES string of the molecule is CCCCCC1CCCCC1(C(CC)c1c(F)c(F)c(-c2ccc(-c3ccccc3)cc2)c(F)c1F)C(F)(F)F. The van der Waals surface area contributed by atoms with Crippen LogP contribution in [-0.4, -0.2) is 6.18 Å². The first-order valence-electron chi connectivity index (χ1n) is 14.2. The van der Waals surface area contributed by atoms with Gasteiger partial charge in [-0.15, -0.1) is 0 Å². The summed E-state index contributed by atoms with van der Waals surface area (Å²) in [4.78, 5) is 0. The third-order valence-corrected chi connectivity index (χ3v) is 8.76. The van der Waals surface area contributed by atoms with Crippen LogP contribution in [0, 0.1) is 34.6 Å². The van der Waals surface area contributed by atoms with Gasteiger partial charge < -0.3 is 0 Å². The minimum atomic E-state index is -4.80. The van der Waals surface area contributed by atoms with Gasteiger partial charge in [-0.25, -0.2) is 17.6 Å². The summed E-state index contributed by atoms with van der Waals surface area (Å²) >= 11 is 0. The summed E-state index contributed by atoms with van der Waals surface area (Å²) < 4.78 is 108. The van der Waals surface area contributed by atoms with E-state index in [9.17, 15) is 0 Å². The van der Waals surface area contributed by atoms with E-state index >= 15 is 30.7 Å². The second-order valence-corrected chi connectivity index (χ2v) is 10.9. The maximum absolute atomic E-state index is 15.8. The molecule has 0 amide bonds. The van der Waals surface area contributed by atoms with Crippen molar-refractivity contribution in [3.63, 3.8) is 0 Å². The van der Waals surface area contributed by atoms with Gasteiger partial charge in [0.2, 0.25) is 0 Å². The van der Waals surface area contributed by atoms with Crippen molar-refractivity contribution in [2.24, 2.45) is 11.3 Å². The number of alkyl halides is 3. The molecule has 0 saturated heterocycles. The van der Waals surface area contributed by atoms with Gasteiger partial charge in [0.15, 0.2) is 23.3 Å². The Bertz CT molecular complexity index is 1250. The highest BCUT2D eigenvalue weighted by atomic mass is 19.4. The number of benzene rings is 3. The molecule has 1 aliphatic rings. The average molecular weight is 565 g/mol. The lowest BCUT2D eigenvalue weighted by atomic mass is 9.55. The molecule has 1 saturated carbocycles. The molecule has 1 aliphatic carbocycles. The molecule has 3 aromatic carbocycles. The fourth-order valence-corrected chi connectivity index (χ4v) is 6.84. The van der Waals surface area contributed by atoms with E-state index in [0.717, 1.165) is 24.0 Å². The Balaban J connectivity index is 1.83. The van der Waals surface area contributed by atoms with E-state index in [1.165, 1.54) is 19.1 Å². The molecule has 1 fully saturated rings. The minimum Gasteiger partial charge on any atom is -0.203 e. The fraction of sp³-hybridized carbons (Fsp3) is 0.455. The standard InChI is InChI=1S/C33H35F7/c1-3-5-7-14-24-15-10-11-20-32(24,33(38,39)40)25(4-2)27-30(36)28(34)26(29(35)31(27)37)23-18-16-22(17-19-23)21-12-8-6-9-13-21/h6,8-9,12-13,16-19,24-25H,3-5,7,10-11,14-15,20H2,1-2H3. The van der Waals surface area contributed by atoms with Crippen LogP contribution >= 0.6 is 0 Å². The molecule has 40 heavy (non-hydrogen) atoms. The van der Waals surface area contributed by atoms with Gasteiger partial charge in [-0.3, -0.25) is 0 Å². The van der Waals surface area contributed by atoms with Crippen molar-refractivity contribution in [3.05, 3.63) is 83.4 Å². The molecule has 7 heteroatoms. The number of hydrogen-bond donors (Lipinski definition) is 0. The summed E-state index contributed by atoms with van der Waals surface area (Å²) in [5.41, 5.74) is -3.04. The van der Waals surface area contributed by atoms with Crippen molar-refractivity contribution in [2.45, 2.75) is 83.7 Å². The van der Waals surface area contributed by atoms with E-state index in [1.807, 2.05) is 37.3 Å². The lowest BCUT2D eigenvalue weighted by Gasteiger charge is -2.50. The molecule has 0 heterocycles. The summed E-state index contributed by atoms with van der Waals surface area (Å²) in [6, 6.07) is 15.0. The predicted molar refractivity (Wildman–Crippen MR) is 145 cm³/mol. The van der Waals surface area contributed by atoms with E-state index in [1.54, 1.807) is 12.1 Å². The smallest absolute Gasteiger partial charge is 0.203 e. The molecule has 0 aromatic heterocycles. The molecule has 0 spiro atoms. The van der Waals surface area contributed by atoms with Crippen LogP contribution in [0.15, 0.2) is 54.6 Å². The maximum Gasteiger partial charge on any atom is 0.395 e. The van der Waals surface area contributed by atoms with Crippen molar-refractivity contribution in [3.8, 4) is 22.3 Å². The number of rotatable bonds is 9. The Kier molecular flexibility index (Phi) is 9.31. The van der Waals surface area contributed by atoms with Gasteiger partial charge in [0.1, 0.15) is 0 Å². The molecular weight excluding hydrogens is 529 g/mol. The molecule has 3 unspecified atom stereocenters. The van der Waals surface area contributed by atoms with Crippen LogP contribution in [0.25, 0.3) is 22.3 Å². The first kappa shape index (κ1) is 30.1. The van der Waals surface area contributed by atoms with Gasteiger partial charge in [0.25, 0.3) is 0 Å². The topological polar surface area (TPSA) is 0 Å². The molecule has 0 aliphatic heterocycles. The van der Waals surface area contributed by atoms with Gasteiger partial charge in [0.05, 0.1) is 11.0 Å². The van der Waals surface area contributed by atoms with Crippen molar-refractivity contribution in [1.82, 2.24) is 0 Å². The molecule has 0 bridgehead atoms. The maximum atomic E-state index is 15.8. The van der Waals surface area contributed by atoms with Crippen molar-refractivity contribution in [1.29, 1.82) is 0 Å². The van der Waals surface area contributed by atoms with Crippen LogP contribution in [0.2, 0.25) is 0 Å². The first-order valence-corrected chi connectivity index (χ1v) is 14.2. The summed E-state index contributed by atoms with van der Waals surface area (Å²) in [6.45, 7) is 3.35. The lowest BCUT2D eigenvalue weighted by Crippen LogP contribution is -2.51. The van der Waals surface area contributed by atoms with E-state index in [2.05, 4.69) is 0 Å². The number of hydrogen-bond acceptors (Lipinski definition) is 0. The second kappa shape index (κ2) is 12.4.